The quantitative estimate of drug-likeness (QED) is 0.773. The van der Waals surface area contributed by atoms with Gasteiger partial charge in [-0.15, -0.1) is 0 Å². The predicted molar refractivity (Wildman–Crippen MR) is 98.5 cm³/mol. The number of aliphatic hydroxyl groups is 2. The van der Waals surface area contributed by atoms with E-state index in [2.05, 4.69) is 18.7 Å². The summed E-state index contributed by atoms with van der Waals surface area (Å²) >= 11 is 0. The van der Waals surface area contributed by atoms with E-state index in [4.69, 9.17) is 0 Å². The molecular formula is C21H39NO2. The van der Waals surface area contributed by atoms with Gasteiger partial charge in [-0.05, 0) is 87.9 Å². The molecule has 2 saturated carbocycles. The fraction of sp³-hybridized carbons (Fsp3) is 1.00. The van der Waals surface area contributed by atoms with Gasteiger partial charge in [0.15, 0.2) is 0 Å². The van der Waals surface area contributed by atoms with Crippen molar-refractivity contribution in [3.8, 4) is 0 Å². The van der Waals surface area contributed by atoms with E-state index in [0.29, 0.717) is 11.8 Å². The summed E-state index contributed by atoms with van der Waals surface area (Å²) in [5.41, 5.74) is 0. The first kappa shape index (κ1) is 18.7. The lowest BCUT2D eigenvalue weighted by Crippen LogP contribution is -2.49. The second-order valence-electron chi connectivity index (χ2n) is 9.36. The number of rotatable bonds is 6. The summed E-state index contributed by atoms with van der Waals surface area (Å²) in [7, 11) is 0. The molecule has 3 aliphatic rings. The molecule has 2 N–H and O–H groups in total. The van der Waals surface area contributed by atoms with Crippen molar-refractivity contribution in [3.05, 3.63) is 0 Å². The van der Waals surface area contributed by atoms with Gasteiger partial charge < -0.3 is 10.2 Å². The van der Waals surface area contributed by atoms with Crippen molar-refractivity contribution in [3.63, 3.8) is 0 Å². The summed E-state index contributed by atoms with van der Waals surface area (Å²) < 4.78 is 0. The van der Waals surface area contributed by atoms with Gasteiger partial charge in [-0.1, -0.05) is 13.8 Å². The van der Waals surface area contributed by atoms with Crippen molar-refractivity contribution in [1.29, 1.82) is 0 Å². The van der Waals surface area contributed by atoms with Crippen molar-refractivity contribution in [2.24, 2.45) is 35.5 Å². The molecule has 0 bridgehead atoms. The van der Waals surface area contributed by atoms with Crippen LogP contribution in [0.3, 0.4) is 0 Å². The highest BCUT2D eigenvalue weighted by molar-refractivity contribution is 4.93. The second kappa shape index (κ2) is 8.05. The first-order valence-corrected chi connectivity index (χ1v) is 10.6. The Kier molecular flexibility index (Phi) is 6.26. The third-order valence-electron chi connectivity index (χ3n) is 7.44. The largest absolute Gasteiger partial charge is 0.393 e. The van der Waals surface area contributed by atoms with E-state index >= 15 is 0 Å². The molecule has 3 heteroatoms. The zero-order valence-corrected chi connectivity index (χ0v) is 16.0. The van der Waals surface area contributed by atoms with E-state index in [1.54, 1.807) is 0 Å². The Morgan fingerprint density at radius 2 is 1.12 bits per heavy atom. The van der Waals surface area contributed by atoms with Gasteiger partial charge in [0.1, 0.15) is 6.23 Å². The average molecular weight is 338 g/mol. The van der Waals surface area contributed by atoms with Gasteiger partial charge >= 0.3 is 0 Å². The molecule has 140 valence electrons. The maximum absolute atomic E-state index is 11.2. The van der Waals surface area contributed by atoms with E-state index in [0.717, 1.165) is 49.6 Å². The zero-order chi connectivity index (χ0) is 17.3. The molecule has 0 amide bonds. The van der Waals surface area contributed by atoms with Crippen LogP contribution in [0.15, 0.2) is 0 Å². The first-order chi connectivity index (χ1) is 11.5. The highest BCUT2D eigenvalue weighted by atomic mass is 16.3. The van der Waals surface area contributed by atoms with E-state index in [-0.39, 0.29) is 12.3 Å². The standard InChI is InChI=1S/C21H39NO2/c1-14(2)16-4-6-18(7-5-16)20(19-8-9-19)21(24)22-12-10-17(11-13-22)15(3)23/h14-21,23-24H,4-13H2,1-3H3/t15?,16?,18?,20-,21?/m1/s1. The Balaban J connectivity index is 1.56. The molecule has 3 fully saturated rings. The smallest absolute Gasteiger partial charge is 0.110 e. The number of nitrogens with zero attached hydrogens (tertiary/aromatic N) is 1. The monoisotopic (exact) mass is 337 g/mol. The van der Waals surface area contributed by atoms with Crippen LogP contribution >= 0.6 is 0 Å². The van der Waals surface area contributed by atoms with Crippen LogP contribution < -0.4 is 0 Å². The second-order valence-corrected chi connectivity index (χ2v) is 9.36. The van der Waals surface area contributed by atoms with Crippen LogP contribution in [-0.4, -0.2) is 40.5 Å². The van der Waals surface area contributed by atoms with Crippen molar-refractivity contribution in [1.82, 2.24) is 4.90 Å². The van der Waals surface area contributed by atoms with Gasteiger partial charge in [-0.25, -0.2) is 0 Å². The number of aliphatic hydroxyl groups excluding tert-OH is 2. The van der Waals surface area contributed by atoms with Crippen molar-refractivity contribution < 1.29 is 10.2 Å². The maximum Gasteiger partial charge on any atom is 0.110 e. The zero-order valence-electron chi connectivity index (χ0n) is 16.0. The lowest BCUT2D eigenvalue weighted by atomic mass is 9.70. The molecule has 2 aliphatic carbocycles. The van der Waals surface area contributed by atoms with Crippen molar-refractivity contribution in [2.75, 3.05) is 13.1 Å². The SMILES string of the molecule is CC(C)C1CCC([C@H](C2CC2)C(O)N2CCC(C(C)O)CC2)CC1. The topological polar surface area (TPSA) is 43.7 Å². The Morgan fingerprint density at radius 1 is 0.667 bits per heavy atom. The van der Waals surface area contributed by atoms with E-state index in [1.807, 2.05) is 6.92 Å². The number of hydrogen-bond donors (Lipinski definition) is 2. The van der Waals surface area contributed by atoms with Crippen LogP contribution in [0.25, 0.3) is 0 Å². The van der Waals surface area contributed by atoms with Gasteiger partial charge in [-0.2, -0.15) is 0 Å². The van der Waals surface area contributed by atoms with Crippen LogP contribution in [-0.2, 0) is 0 Å². The number of hydrogen-bond acceptors (Lipinski definition) is 3. The summed E-state index contributed by atoms with van der Waals surface area (Å²) in [5.74, 6) is 4.15. The van der Waals surface area contributed by atoms with E-state index < -0.39 is 0 Å². The number of likely N-dealkylation sites (tertiary alicyclic amines) is 1. The van der Waals surface area contributed by atoms with Gasteiger partial charge in [-0.3, -0.25) is 4.90 Å². The molecule has 3 rings (SSSR count). The minimum absolute atomic E-state index is 0.199. The van der Waals surface area contributed by atoms with Gasteiger partial charge in [0.25, 0.3) is 0 Å². The molecule has 1 aliphatic heterocycles. The lowest BCUT2D eigenvalue weighted by Gasteiger charge is -2.43. The molecule has 1 heterocycles. The highest BCUT2D eigenvalue weighted by Gasteiger charge is 2.44. The molecule has 3 nitrogen and oxygen atoms in total. The normalized spacial score (nSPS) is 34.2. The fourth-order valence-corrected chi connectivity index (χ4v) is 5.46. The highest BCUT2D eigenvalue weighted by Crippen LogP contribution is 2.48. The Morgan fingerprint density at radius 3 is 1.54 bits per heavy atom. The maximum atomic E-state index is 11.2. The summed E-state index contributed by atoms with van der Waals surface area (Å²) in [4.78, 5) is 2.33. The van der Waals surface area contributed by atoms with E-state index in [1.165, 1.54) is 38.5 Å². The lowest BCUT2D eigenvalue weighted by molar-refractivity contribution is -0.0910. The molecular weight excluding hydrogens is 298 g/mol. The molecule has 0 aromatic heterocycles. The Labute approximate surface area is 148 Å². The molecule has 0 aromatic carbocycles. The number of piperidine rings is 1. The average Bonchev–Trinajstić information content (AvgIpc) is 3.40. The fourth-order valence-electron chi connectivity index (χ4n) is 5.46. The van der Waals surface area contributed by atoms with Crippen LogP contribution in [0.2, 0.25) is 0 Å². The molecule has 0 spiro atoms. The Hall–Kier alpha value is -0.120. The molecule has 24 heavy (non-hydrogen) atoms. The van der Waals surface area contributed by atoms with Crippen molar-refractivity contribution >= 4 is 0 Å². The minimum atomic E-state index is -0.243. The minimum Gasteiger partial charge on any atom is -0.393 e. The van der Waals surface area contributed by atoms with Gasteiger partial charge in [0, 0.05) is 19.0 Å². The van der Waals surface area contributed by atoms with Crippen LogP contribution in [0.5, 0.6) is 0 Å². The summed E-state index contributed by atoms with van der Waals surface area (Å²) in [6.45, 7) is 8.56. The van der Waals surface area contributed by atoms with Crippen LogP contribution in [0.4, 0.5) is 0 Å². The van der Waals surface area contributed by atoms with Crippen LogP contribution in [0, 0.1) is 35.5 Å². The molecule has 0 aromatic rings. The third-order valence-corrected chi connectivity index (χ3v) is 7.44. The predicted octanol–water partition coefficient (Wildman–Crippen LogP) is 3.89. The molecule has 1 saturated heterocycles. The van der Waals surface area contributed by atoms with Gasteiger partial charge in [0.2, 0.25) is 0 Å². The van der Waals surface area contributed by atoms with Crippen LogP contribution in [0.1, 0.15) is 72.1 Å². The molecule has 2 unspecified atom stereocenters. The molecule has 0 radical (unpaired) electrons. The van der Waals surface area contributed by atoms with E-state index in [9.17, 15) is 10.2 Å². The summed E-state index contributed by atoms with van der Waals surface area (Å²) in [6, 6.07) is 0. The summed E-state index contributed by atoms with van der Waals surface area (Å²) in [6.07, 6.45) is 9.66. The first-order valence-electron chi connectivity index (χ1n) is 10.6. The van der Waals surface area contributed by atoms with Gasteiger partial charge in [0.05, 0.1) is 6.10 Å². The Bertz CT molecular complexity index is 377. The summed E-state index contributed by atoms with van der Waals surface area (Å²) in [5, 5.41) is 21.0. The van der Waals surface area contributed by atoms with Crippen molar-refractivity contribution in [2.45, 2.75) is 84.5 Å². The molecule has 3 atom stereocenters. The third kappa shape index (κ3) is 4.34.